The maximum absolute atomic E-state index is 13.2. The van der Waals surface area contributed by atoms with Crippen molar-refractivity contribution in [3.63, 3.8) is 0 Å². The maximum atomic E-state index is 13.2. The largest absolute Gasteiger partial charge is 0.396 e. The van der Waals surface area contributed by atoms with Crippen LogP contribution in [0.2, 0.25) is 0 Å². The van der Waals surface area contributed by atoms with Gasteiger partial charge in [-0.2, -0.15) is 0 Å². The fourth-order valence-electron chi connectivity index (χ4n) is 4.82. The van der Waals surface area contributed by atoms with Gasteiger partial charge in [-0.3, -0.25) is 4.79 Å². The van der Waals surface area contributed by atoms with Crippen molar-refractivity contribution < 1.29 is 9.90 Å². The molecule has 2 aliphatic rings. The van der Waals surface area contributed by atoms with Gasteiger partial charge in [0.25, 0.3) is 5.91 Å². The van der Waals surface area contributed by atoms with E-state index in [2.05, 4.69) is 17.0 Å². The molecule has 0 bridgehead atoms. The Balaban J connectivity index is 1.48. The molecule has 0 saturated carbocycles. The quantitative estimate of drug-likeness (QED) is 0.902. The second-order valence-electron chi connectivity index (χ2n) is 8.28. The molecule has 0 radical (unpaired) electrons. The van der Waals surface area contributed by atoms with Crippen molar-refractivity contribution in [2.45, 2.75) is 25.7 Å². The summed E-state index contributed by atoms with van der Waals surface area (Å²) in [6.07, 6.45) is 5.21. The smallest absolute Gasteiger partial charge is 0.270 e. The van der Waals surface area contributed by atoms with E-state index in [9.17, 15) is 9.90 Å². The van der Waals surface area contributed by atoms with Crippen LogP contribution in [0.3, 0.4) is 0 Å². The zero-order valence-corrected chi connectivity index (χ0v) is 16.3. The number of benzene rings is 1. The summed E-state index contributed by atoms with van der Waals surface area (Å²) < 4.78 is 1.99. The van der Waals surface area contributed by atoms with Crippen LogP contribution in [-0.2, 0) is 7.05 Å². The number of aryl methyl sites for hydroxylation is 1. The second kappa shape index (κ2) is 8.03. The highest BCUT2D eigenvalue weighted by Crippen LogP contribution is 2.28. The monoisotopic (exact) mass is 369 g/mol. The van der Waals surface area contributed by atoms with Gasteiger partial charge in [-0.1, -0.05) is 31.0 Å². The van der Waals surface area contributed by atoms with Crippen molar-refractivity contribution in [3.05, 3.63) is 36.0 Å². The van der Waals surface area contributed by atoms with Gasteiger partial charge in [0.15, 0.2) is 0 Å². The standard InChI is InChI=1S/C22H31N3O2/c1-23-20-9-5-4-8-17(20)12-21(23)22(27)25-14-18(19(15-25)16-26)13-24-10-6-2-3-7-11-24/h4-5,8-9,12,18-19,26H,2-3,6-7,10-11,13-16H2,1H3/t18-,19-/m1/s1. The summed E-state index contributed by atoms with van der Waals surface area (Å²) in [5.41, 5.74) is 1.82. The Labute approximate surface area is 161 Å². The van der Waals surface area contributed by atoms with Crippen LogP contribution in [-0.4, -0.2) is 64.7 Å². The number of para-hydroxylation sites is 1. The zero-order valence-electron chi connectivity index (χ0n) is 16.3. The average molecular weight is 370 g/mol. The van der Waals surface area contributed by atoms with Crippen molar-refractivity contribution in [1.29, 1.82) is 0 Å². The van der Waals surface area contributed by atoms with Gasteiger partial charge in [0.05, 0.1) is 0 Å². The third-order valence-electron chi connectivity index (χ3n) is 6.46. The van der Waals surface area contributed by atoms with Gasteiger partial charge in [0, 0.05) is 50.1 Å². The van der Waals surface area contributed by atoms with Crippen LogP contribution < -0.4 is 0 Å². The molecule has 5 nitrogen and oxygen atoms in total. The molecule has 2 atom stereocenters. The van der Waals surface area contributed by atoms with Crippen molar-refractivity contribution in [3.8, 4) is 0 Å². The molecule has 1 aromatic carbocycles. The van der Waals surface area contributed by atoms with Crippen molar-refractivity contribution in [2.24, 2.45) is 18.9 Å². The lowest BCUT2D eigenvalue weighted by atomic mass is 9.96. The molecule has 2 aromatic rings. The minimum Gasteiger partial charge on any atom is -0.396 e. The van der Waals surface area contributed by atoms with Gasteiger partial charge in [0.2, 0.25) is 0 Å². The predicted octanol–water partition coefficient (Wildman–Crippen LogP) is 2.73. The number of nitrogens with zero attached hydrogens (tertiary/aromatic N) is 3. The van der Waals surface area contributed by atoms with Crippen LogP contribution in [0.15, 0.2) is 30.3 Å². The SMILES string of the molecule is Cn1c(C(=O)N2C[C@@H](CN3CCCCCC3)[C@@H](CO)C2)cc2ccccc21. The number of fused-ring (bicyclic) bond motifs is 1. The number of likely N-dealkylation sites (tertiary alicyclic amines) is 2. The average Bonchev–Trinajstić information content (AvgIpc) is 3.13. The highest BCUT2D eigenvalue weighted by atomic mass is 16.3. The zero-order chi connectivity index (χ0) is 18.8. The van der Waals surface area contributed by atoms with Gasteiger partial charge in [-0.15, -0.1) is 0 Å². The van der Waals surface area contributed by atoms with Crippen LogP contribution in [0.1, 0.15) is 36.2 Å². The molecule has 0 spiro atoms. The lowest BCUT2D eigenvalue weighted by Crippen LogP contribution is -2.35. The predicted molar refractivity (Wildman–Crippen MR) is 108 cm³/mol. The third kappa shape index (κ3) is 3.76. The molecule has 1 aromatic heterocycles. The summed E-state index contributed by atoms with van der Waals surface area (Å²) in [6.45, 7) is 4.90. The molecule has 146 valence electrons. The summed E-state index contributed by atoms with van der Waals surface area (Å²) in [7, 11) is 1.96. The highest BCUT2D eigenvalue weighted by Gasteiger charge is 2.36. The topological polar surface area (TPSA) is 48.7 Å². The Morgan fingerprint density at radius 2 is 1.78 bits per heavy atom. The van der Waals surface area contributed by atoms with E-state index in [1.165, 1.54) is 25.7 Å². The van der Waals surface area contributed by atoms with Crippen LogP contribution in [0, 0.1) is 11.8 Å². The Kier molecular flexibility index (Phi) is 5.50. The summed E-state index contributed by atoms with van der Waals surface area (Å²) in [6, 6.07) is 10.1. The van der Waals surface area contributed by atoms with E-state index in [0.717, 1.165) is 42.8 Å². The Hall–Kier alpha value is -1.85. The molecular weight excluding hydrogens is 338 g/mol. The Bertz CT molecular complexity index is 792. The second-order valence-corrected chi connectivity index (χ2v) is 8.28. The first-order chi connectivity index (χ1) is 13.2. The molecule has 27 heavy (non-hydrogen) atoms. The molecule has 3 heterocycles. The number of carbonyl (C=O) groups excluding carboxylic acids is 1. The number of aliphatic hydroxyl groups is 1. The van der Waals surface area contributed by atoms with E-state index in [-0.39, 0.29) is 18.4 Å². The summed E-state index contributed by atoms with van der Waals surface area (Å²) in [4.78, 5) is 17.7. The van der Waals surface area contributed by atoms with E-state index in [0.29, 0.717) is 12.5 Å². The van der Waals surface area contributed by atoms with Crippen LogP contribution in [0.25, 0.3) is 10.9 Å². The molecule has 1 N–H and O–H groups in total. The lowest BCUT2D eigenvalue weighted by molar-refractivity contribution is 0.0770. The summed E-state index contributed by atoms with van der Waals surface area (Å²) in [5, 5.41) is 11.0. The number of carbonyl (C=O) groups is 1. The molecule has 0 unspecified atom stereocenters. The molecule has 5 heteroatoms. The van der Waals surface area contributed by atoms with E-state index >= 15 is 0 Å². The first-order valence-electron chi connectivity index (χ1n) is 10.3. The van der Waals surface area contributed by atoms with Crippen LogP contribution in [0.5, 0.6) is 0 Å². The molecule has 2 aliphatic heterocycles. The highest BCUT2D eigenvalue weighted by molar-refractivity contribution is 5.98. The molecule has 0 aliphatic carbocycles. The molecule has 2 fully saturated rings. The molecule has 4 rings (SSSR count). The van der Waals surface area contributed by atoms with Crippen molar-refractivity contribution in [1.82, 2.24) is 14.4 Å². The molecule has 1 amide bonds. The fourth-order valence-corrected chi connectivity index (χ4v) is 4.82. The number of rotatable bonds is 4. The van der Waals surface area contributed by atoms with Gasteiger partial charge in [0.1, 0.15) is 5.69 Å². The summed E-state index contributed by atoms with van der Waals surface area (Å²) >= 11 is 0. The van der Waals surface area contributed by atoms with Gasteiger partial charge in [-0.25, -0.2) is 0 Å². The van der Waals surface area contributed by atoms with Gasteiger partial charge >= 0.3 is 0 Å². The van der Waals surface area contributed by atoms with E-state index in [4.69, 9.17) is 0 Å². The number of aromatic nitrogens is 1. The van der Waals surface area contributed by atoms with E-state index < -0.39 is 0 Å². The molecular formula is C22H31N3O2. The van der Waals surface area contributed by atoms with Crippen molar-refractivity contribution in [2.75, 3.05) is 39.3 Å². The lowest BCUT2D eigenvalue weighted by Gasteiger charge is -2.26. The number of hydrogen-bond acceptors (Lipinski definition) is 3. The van der Waals surface area contributed by atoms with Gasteiger partial charge in [-0.05, 0) is 44.0 Å². The van der Waals surface area contributed by atoms with E-state index in [1.54, 1.807) is 0 Å². The van der Waals surface area contributed by atoms with Crippen LogP contribution >= 0.6 is 0 Å². The number of aliphatic hydroxyl groups excluding tert-OH is 1. The minimum atomic E-state index is 0.0884. The number of amides is 1. The Morgan fingerprint density at radius 1 is 1.07 bits per heavy atom. The normalized spacial score (nSPS) is 24.4. The first kappa shape index (κ1) is 18.5. The third-order valence-corrected chi connectivity index (χ3v) is 6.46. The first-order valence-corrected chi connectivity index (χ1v) is 10.3. The minimum absolute atomic E-state index is 0.0884. The summed E-state index contributed by atoms with van der Waals surface area (Å²) in [5.74, 6) is 0.643. The molecule has 2 saturated heterocycles. The van der Waals surface area contributed by atoms with Gasteiger partial charge < -0.3 is 19.5 Å². The van der Waals surface area contributed by atoms with Crippen molar-refractivity contribution >= 4 is 16.8 Å². The van der Waals surface area contributed by atoms with Crippen LogP contribution in [0.4, 0.5) is 0 Å². The fraction of sp³-hybridized carbons (Fsp3) is 0.591. The Morgan fingerprint density at radius 3 is 2.48 bits per heavy atom. The van der Waals surface area contributed by atoms with E-state index in [1.807, 2.05) is 34.7 Å². The maximum Gasteiger partial charge on any atom is 0.270 e. The number of hydrogen-bond donors (Lipinski definition) is 1.